The molecule has 2 rings (SSSR count). The smallest absolute Gasteiger partial charge is 0.341 e. The summed E-state index contributed by atoms with van der Waals surface area (Å²) in [5.74, 6) is -0.467. The Hall–Kier alpha value is -2.30. The number of hydrogen-bond acceptors (Lipinski definition) is 3. The second-order valence-electron chi connectivity index (χ2n) is 5.83. The van der Waals surface area contributed by atoms with Gasteiger partial charge in [0.25, 0.3) is 0 Å². The number of amides is 1. The number of allylic oxidation sites excluding steroid dienone is 1. The first kappa shape index (κ1) is 17.1. The van der Waals surface area contributed by atoms with Crippen LogP contribution in [0.3, 0.4) is 0 Å². The molecule has 0 aromatic heterocycles. The highest BCUT2D eigenvalue weighted by atomic mass is 16.5. The number of carboxylic acid groups (broad SMARTS) is 1. The number of carboxylic acids is 1. The zero-order valence-electron chi connectivity index (χ0n) is 13.4. The van der Waals surface area contributed by atoms with Crippen LogP contribution in [0.1, 0.15) is 50.6 Å². The van der Waals surface area contributed by atoms with Gasteiger partial charge in [0.2, 0.25) is 5.91 Å². The van der Waals surface area contributed by atoms with Gasteiger partial charge in [-0.05, 0) is 50.3 Å². The molecule has 0 bridgehead atoms. The fraction of sp³-hybridized carbons (Fsp3) is 0.444. The summed E-state index contributed by atoms with van der Waals surface area (Å²) < 4.78 is 5.09. The van der Waals surface area contributed by atoms with Gasteiger partial charge in [-0.1, -0.05) is 23.8 Å². The molecule has 0 spiro atoms. The summed E-state index contributed by atoms with van der Waals surface area (Å²) in [6.07, 6.45) is 7.16. The first-order valence-corrected chi connectivity index (χ1v) is 7.96. The minimum atomic E-state index is -1.01. The molecule has 0 saturated carbocycles. The summed E-state index contributed by atoms with van der Waals surface area (Å²) in [4.78, 5) is 22.6. The maximum absolute atomic E-state index is 12.1. The van der Waals surface area contributed by atoms with Crippen LogP contribution < -0.4 is 10.1 Å². The van der Waals surface area contributed by atoms with Crippen molar-refractivity contribution in [2.45, 2.75) is 45.1 Å². The van der Waals surface area contributed by atoms with Crippen LogP contribution in [0.2, 0.25) is 0 Å². The molecular formula is C18H23NO4. The molecule has 1 aliphatic rings. The summed E-state index contributed by atoms with van der Waals surface area (Å²) in [6, 6.07) is 7.00. The highest BCUT2D eigenvalue weighted by Gasteiger charge is 2.13. The van der Waals surface area contributed by atoms with Crippen molar-refractivity contribution >= 4 is 11.9 Å². The Balaban J connectivity index is 1.84. The number of hydrogen-bond donors (Lipinski definition) is 2. The Morgan fingerprint density at radius 3 is 2.61 bits per heavy atom. The van der Waals surface area contributed by atoms with E-state index in [2.05, 4.69) is 11.4 Å². The van der Waals surface area contributed by atoms with Gasteiger partial charge in [-0.3, -0.25) is 4.79 Å². The molecule has 1 aromatic carbocycles. The largest absolute Gasteiger partial charge is 0.482 e. The molecule has 0 saturated heterocycles. The second kappa shape index (κ2) is 8.36. The van der Waals surface area contributed by atoms with Gasteiger partial charge in [-0.15, -0.1) is 0 Å². The molecule has 0 radical (unpaired) electrons. The van der Waals surface area contributed by atoms with Crippen molar-refractivity contribution in [3.63, 3.8) is 0 Å². The maximum Gasteiger partial charge on any atom is 0.341 e. The molecule has 23 heavy (non-hydrogen) atoms. The maximum atomic E-state index is 12.1. The number of carbonyl (C=O) groups excluding carboxylic acids is 1. The fourth-order valence-electron chi connectivity index (χ4n) is 2.65. The molecule has 1 atom stereocenters. The van der Waals surface area contributed by atoms with E-state index < -0.39 is 5.97 Å². The van der Waals surface area contributed by atoms with Gasteiger partial charge in [0.1, 0.15) is 5.75 Å². The lowest BCUT2D eigenvalue weighted by Gasteiger charge is -2.17. The molecule has 124 valence electrons. The van der Waals surface area contributed by atoms with E-state index in [0.29, 0.717) is 12.2 Å². The van der Waals surface area contributed by atoms with Crippen LogP contribution in [-0.2, 0) is 9.59 Å². The Labute approximate surface area is 136 Å². The number of aliphatic carboxylic acids is 1. The predicted octanol–water partition coefficient (Wildman–Crippen LogP) is 3.22. The standard InChI is InChI=1S/C18H23NO4/c1-13(19-17(20)11-14-5-3-2-4-6-14)15-7-9-16(10-8-15)23-12-18(21)22/h5,7-10,13H,2-4,6,11-12H2,1H3,(H,19,20)(H,21,22). The number of benzene rings is 1. The zero-order chi connectivity index (χ0) is 16.7. The highest BCUT2D eigenvalue weighted by molar-refractivity contribution is 5.79. The molecule has 2 N–H and O–H groups in total. The Morgan fingerprint density at radius 2 is 2.00 bits per heavy atom. The van der Waals surface area contributed by atoms with E-state index in [-0.39, 0.29) is 18.6 Å². The minimum Gasteiger partial charge on any atom is -0.482 e. The van der Waals surface area contributed by atoms with Crippen molar-refractivity contribution in [2.75, 3.05) is 6.61 Å². The van der Waals surface area contributed by atoms with E-state index in [9.17, 15) is 9.59 Å². The third-order valence-corrected chi connectivity index (χ3v) is 3.89. The molecular weight excluding hydrogens is 294 g/mol. The van der Waals surface area contributed by atoms with Crippen molar-refractivity contribution < 1.29 is 19.4 Å². The molecule has 1 unspecified atom stereocenters. The van der Waals surface area contributed by atoms with E-state index in [1.165, 1.54) is 18.4 Å². The van der Waals surface area contributed by atoms with E-state index in [1.54, 1.807) is 12.1 Å². The molecule has 1 amide bonds. The van der Waals surface area contributed by atoms with Gasteiger partial charge < -0.3 is 15.2 Å². The third-order valence-electron chi connectivity index (χ3n) is 3.89. The average Bonchev–Trinajstić information content (AvgIpc) is 2.54. The highest BCUT2D eigenvalue weighted by Crippen LogP contribution is 2.21. The van der Waals surface area contributed by atoms with Gasteiger partial charge in [0, 0.05) is 6.42 Å². The third kappa shape index (κ3) is 5.77. The van der Waals surface area contributed by atoms with Crippen LogP contribution in [0.15, 0.2) is 35.9 Å². The normalized spacial score (nSPS) is 15.4. The van der Waals surface area contributed by atoms with Crippen molar-refractivity contribution in [3.05, 3.63) is 41.5 Å². The zero-order valence-corrected chi connectivity index (χ0v) is 13.4. The number of rotatable bonds is 7. The lowest BCUT2D eigenvalue weighted by atomic mass is 9.97. The summed E-state index contributed by atoms with van der Waals surface area (Å²) in [5.41, 5.74) is 2.19. The summed E-state index contributed by atoms with van der Waals surface area (Å²) >= 11 is 0. The van der Waals surface area contributed by atoms with Crippen LogP contribution in [0, 0.1) is 0 Å². The first-order valence-electron chi connectivity index (χ1n) is 7.96. The quantitative estimate of drug-likeness (QED) is 0.757. The van der Waals surface area contributed by atoms with Crippen LogP contribution in [0.5, 0.6) is 5.75 Å². The van der Waals surface area contributed by atoms with Gasteiger partial charge in [-0.25, -0.2) is 4.79 Å². The molecule has 1 aliphatic carbocycles. The molecule has 0 heterocycles. The molecule has 5 heteroatoms. The number of nitrogens with one attached hydrogen (secondary N) is 1. The summed E-state index contributed by atoms with van der Waals surface area (Å²) in [7, 11) is 0. The molecule has 0 aliphatic heterocycles. The Kier molecular flexibility index (Phi) is 6.20. The van der Waals surface area contributed by atoms with Crippen molar-refractivity contribution in [1.82, 2.24) is 5.32 Å². The van der Waals surface area contributed by atoms with Crippen molar-refractivity contribution in [1.29, 1.82) is 0 Å². The number of ether oxygens (including phenoxy) is 1. The number of carbonyl (C=O) groups is 2. The lowest BCUT2D eigenvalue weighted by Crippen LogP contribution is -2.26. The summed E-state index contributed by atoms with van der Waals surface area (Å²) in [5, 5.41) is 11.6. The van der Waals surface area contributed by atoms with Gasteiger partial charge in [-0.2, -0.15) is 0 Å². The van der Waals surface area contributed by atoms with Gasteiger partial charge >= 0.3 is 5.97 Å². The average molecular weight is 317 g/mol. The summed E-state index contributed by atoms with van der Waals surface area (Å²) in [6.45, 7) is 1.57. The minimum absolute atomic E-state index is 0.0388. The molecule has 1 aromatic rings. The van der Waals surface area contributed by atoms with Gasteiger partial charge in [0.05, 0.1) is 6.04 Å². The monoisotopic (exact) mass is 317 g/mol. The van der Waals surface area contributed by atoms with Crippen LogP contribution in [-0.4, -0.2) is 23.6 Å². The predicted molar refractivity (Wildman–Crippen MR) is 87.3 cm³/mol. The van der Waals surface area contributed by atoms with Gasteiger partial charge in [0.15, 0.2) is 6.61 Å². The van der Waals surface area contributed by atoms with Crippen LogP contribution in [0.25, 0.3) is 0 Å². The Morgan fingerprint density at radius 1 is 1.26 bits per heavy atom. The Bertz CT molecular complexity index is 577. The van der Waals surface area contributed by atoms with E-state index in [4.69, 9.17) is 9.84 Å². The van der Waals surface area contributed by atoms with Crippen molar-refractivity contribution in [2.24, 2.45) is 0 Å². The first-order chi connectivity index (χ1) is 11.0. The lowest BCUT2D eigenvalue weighted by molar-refractivity contribution is -0.139. The van der Waals surface area contributed by atoms with E-state index in [0.717, 1.165) is 18.4 Å². The van der Waals surface area contributed by atoms with Crippen LogP contribution in [0.4, 0.5) is 0 Å². The van der Waals surface area contributed by atoms with Crippen molar-refractivity contribution in [3.8, 4) is 5.75 Å². The fourth-order valence-corrected chi connectivity index (χ4v) is 2.65. The topological polar surface area (TPSA) is 75.6 Å². The van der Waals surface area contributed by atoms with E-state index in [1.807, 2.05) is 19.1 Å². The van der Waals surface area contributed by atoms with Crippen LogP contribution >= 0.6 is 0 Å². The molecule has 0 fully saturated rings. The molecule has 5 nitrogen and oxygen atoms in total. The SMILES string of the molecule is CC(NC(=O)CC1=CCCCC1)c1ccc(OCC(=O)O)cc1. The van der Waals surface area contributed by atoms with E-state index >= 15 is 0 Å². The second-order valence-corrected chi connectivity index (χ2v) is 5.83.